The lowest BCUT2D eigenvalue weighted by molar-refractivity contribution is 0.182. The maximum atomic E-state index is 6.12. The van der Waals surface area contributed by atoms with Gasteiger partial charge in [-0.2, -0.15) is 0 Å². The largest absolute Gasteiger partial charge is 0.465 e. The first kappa shape index (κ1) is 13.8. The van der Waals surface area contributed by atoms with E-state index in [-0.39, 0.29) is 12.1 Å². The maximum absolute atomic E-state index is 6.12. The zero-order valence-corrected chi connectivity index (χ0v) is 11.7. The summed E-state index contributed by atoms with van der Waals surface area (Å²) in [4.78, 5) is 6.24. The van der Waals surface area contributed by atoms with Gasteiger partial charge in [0.1, 0.15) is 11.5 Å². The number of pyridine rings is 1. The van der Waals surface area contributed by atoms with Crippen molar-refractivity contribution in [2.45, 2.75) is 32.5 Å². The molecule has 4 heteroatoms. The number of aryl methyl sites for hydroxylation is 1. The van der Waals surface area contributed by atoms with E-state index in [4.69, 9.17) is 10.2 Å². The summed E-state index contributed by atoms with van der Waals surface area (Å²) in [5, 5.41) is 0. The third-order valence-corrected chi connectivity index (χ3v) is 3.21. The second kappa shape index (κ2) is 5.99. The molecule has 0 spiro atoms. The number of hydrogen-bond donors (Lipinski definition) is 1. The van der Waals surface area contributed by atoms with E-state index in [1.165, 1.54) is 5.56 Å². The number of hydrogen-bond acceptors (Lipinski definition) is 4. The number of rotatable bonds is 5. The van der Waals surface area contributed by atoms with Gasteiger partial charge < -0.3 is 10.2 Å². The van der Waals surface area contributed by atoms with Crippen LogP contribution in [0.15, 0.2) is 41.1 Å². The molecule has 0 aliphatic heterocycles. The highest BCUT2D eigenvalue weighted by Gasteiger charge is 2.24. The van der Waals surface area contributed by atoms with Crippen LogP contribution in [-0.2, 0) is 6.54 Å². The molecule has 0 saturated carbocycles. The second-order valence-electron chi connectivity index (χ2n) is 5.02. The van der Waals surface area contributed by atoms with Gasteiger partial charge in [-0.1, -0.05) is 0 Å². The molecule has 2 unspecified atom stereocenters. The predicted octanol–water partition coefficient (Wildman–Crippen LogP) is 2.50. The minimum absolute atomic E-state index is 0.00242. The monoisotopic (exact) mass is 259 g/mol. The van der Waals surface area contributed by atoms with Crippen LogP contribution >= 0.6 is 0 Å². The Morgan fingerprint density at radius 1 is 1.26 bits per heavy atom. The van der Waals surface area contributed by atoms with E-state index in [9.17, 15) is 0 Å². The minimum Gasteiger partial charge on any atom is -0.465 e. The number of aromatic nitrogens is 1. The van der Waals surface area contributed by atoms with Crippen LogP contribution in [0.2, 0.25) is 0 Å². The molecule has 19 heavy (non-hydrogen) atoms. The Morgan fingerprint density at radius 2 is 1.95 bits per heavy atom. The van der Waals surface area contributed by atoms with Crippen molar-refractivity contribution in [1.29, 1.82) is 0 Å². The highest BCUT2D eigenvalue weighted by Crippen LogP contribution is 2.25. The van der Waals surface area contributed by atoms with E-state index < -0.39 is 0 Å². The zero-order chi connectivity index (χ0) is 13.8. The molecule has 2 aromatic rings. The topological polar surface area (TPSA) is 55.3 Å². The molecule has 0 aliphatic rings. The number of nitrogens with two attached hydrogens (primary N) is 1. The molecule has 2 N–H and O–H groups in total. The van der Waals surface area contributed by atoms with Gasteiger partial charge in [0.05, 0.1) is 6.04 Å². The van der Waals surface area contributed by atoms with E-state index in [2.05, 4.69) is 16.9 Å². The second-order valence-corrected chi connectivity index (χ2v) is 5.02. The van der Waals surface area contributed by atoms with Crippen molar-refractivity contribution in [2.24, 2.45) is 5.73 Å². The first-order valence-electron chi connectivity index (χ1n) is 6.49. The van der Waals surface area contributed by atoms with E-state index in [1.807, 2.05) is 38.1 Å². The summed E-state index contributed by atoms with van der Waals surface area (Å²) in [5.41, 5.74) is 7.33. The quantitative estimate of drug-likeness (QED) is 0.896. The third kappa shape index (κ3) is 3.43. The Bertz CT molecular complexity index is 507. The van der Waals surface area contributed by atoms with Gasteiger partial charge >= 0.3 is 0 Å². The van der Waals surface area contributed by atoms with Gasteiger partial charge in [-0.25, -0.2) is 0 Å². The average molecular weight is 259 g/mol. The fourth-order valence-electron chi connectivity index (χ4n) is 2.36. The first-order chi connectivity index (χ1) is 9.08. The summed E-state index contributed by atoms with van der Waals surface area (Å²) >= 11 is 0. The van der Waals surface area contributed by atoms with Crippen LogP contribution in [-0.4, -0.2) is 23.0 Å². The van der Waals surface area contributed by atoms with E-state index >= 15 is 0 Å². The molecule has 0 aliphatic carbocycles. The highest BCUT2D eigenvalue weighted by molar-refractivity contribution is 5.14. The van der Waals surface area contributed by atoms with Crippen molar-refractivity contribution in [3.63, 3.8) is 0 Å². The number of furan rings is 1. The van der Waals surface area contributed by atoms with Gasteiger partial charge in [0.25, 0.3) is 0 Å². The Hall–Kier alpha value is -1.65. The Labute approximate surface area is 114 Å². The average Bonchev–Trinajstić information content (AvgIpc) is 2.76. The van der Waals surface area contributed by atoms with Crippen LogP contribution in [0.1, 0.15) is 30.0 Å². The van der Waals surface area contributed by atoms with Crippen molar-refractivity contribution < 1.29 is 4.42 Å². The summed E-state index contributed by atoms with van der Waals surface area (Å²) in [6.07, 6.45) is 3.61. The molecular weight excluding hydrogens is 238 g/mol. The smallest absolute Gasteiger partial charge is 0.122 e. The van der Waals surface area contributed by atoms with Crippen LogP contribution in [0.25, 0.3) is 0 Å². The lowest BCUT2D eigenvalue weighted by Gasteiger charge is -2.29. The van der Waals surface area contributed by atoms with Crippen molar-refractivity contribution in [1.82, 2.24) is 9.88 Å². The van der Waals surface area contributed by atoms with E-state index in [1.54, 1.807) is 12.4 Å². The number of nitrogens with zero attached hydrogens (tertiary/aromatic N) is 2. The number of likely N-dealkylation sites (N-methyl/N-ethyl adjacent to an activating group) is 1. The lowest BCUT2D eigenvalue weighted by Crippen LogP contribution is -2.36. The van der Waals surface area contributed by atoms with Crippen molar-refractivity contribution in [3.05, 3.63) is 53.7 Å². The van der Waals surface area contributed by atoms with Crippen molar-refractivity contribution >= 4 is 0 Å². The van der Waals surface area contributed by atoms with E-state index in [0.29, 0.717) is 0 Å². The zero-order valence-electron chi connectivity index (χ0n) is 11.7. The molecule has 0 fully saturated rings. The molecule has 2 heterocycles. The fraction of sp³-hybridized carbons (Fsp3) is 0.400. The summed E-state index contributed by atoms with van der Waals surface area (Å²) in [7, 11) is 2.06. The van der Waals surface area contributed by atoms with Gasteiger partial charge in [-0.15, -0.1) is 0 Å². The van der Waals surface area contributed by atoms with Crippen LogP contribution in [0, 0.1) is 6.92 Å². The van der Waals surface area contributed by atoms with Crippen molar-refractivity contribution in [2.75, 3.05) is 7.05 Å². The Morgan fingerprint density at radius 3 is 2.47 bits per heavy atom. The van der Waals surface area contributed by atoms with Crippen molar-refractivity contribution in [3.8, 4) is 0 Å². The van der Waals surface area contributed by atoms with Gasteiger partial charge in [0.2, 0.25) is 0 Å². The normalized spacial score (nSPS) is 14.6. The molecule has 0 radical (unpaired) electrons. The molecule has 0 saturated heterocycles. The predicted molar refractivity (Wildman–Crippen MR) is 75.5 cm³/mol. The molecule has 4 nitrogen and oxygen atoms in total. The summed E-state index contributed by atoms with van der Waals surface area (Å²) in [6.45, 7) is 4.77. The molecule has 2 rings (SSSR count). The van der Waals surface area contributed by atoms with Crippen LogP contribution in [0.3, 0.4) is 0 Å². The Kier molecular flexibility index (Phi) is 4.35. The summed E-state index contributed by atoms with van der Waals surface area (Å²) in [6, 6.07) is 8.08. The highest BCUT2D eigenvalue weighted by atomic mass is 16.3. The van der Waals surface area contributed by atoms with Gasteiger partial charge in [-0.05, 0) is 50.7 Å². The molecule has 2 aromatic heterocycles. The van der Waals surface area contributed by atoms with Crippen LogP contribution < -0.4 is 5.73 Å². The van der Waals surface area contributed by atoms with Gasteiger partial charge in [-0.3, -0.25) is 9.88 Å². The Balaban J connectivity index is 2.15. The molecule has 0 aromatic carbocycles. The molecule has 0 bridgehead atoms. The molecule has 102 valence electrons. The van der Waals surface area contributed by atoms with E-state index in [0.717, 1.165) is 18.1 Å². The standard InChI is InChI=1S/C15H21N3O/c1-11-4-5-14(19-11)15(12(2)16)18(3)10-13-6-8-17-9-7-13/h4-9,12,15H,10,16H2,1-3H3. The fourth-order valence-corrected chi connectivity index (χ4v) is 2.36. The van der Waals surface area contributed by atoms with Gasteiger partial charge in [0.15, 0.2) is 0 Å². The SMILES string of the molecule is Cc1ccc(C(C(C)N)N(C)Cc2ccncc2)o1. The van der Waals surface area contributed by atoms with Crippen LogP contribution in [0.5, 0.6) is 0 Å². The minimum atomic E-state index is -0.00242. The lowest BCUT2D eigenvalue weighted by atomic mass is 10.1. The van der Waals surface area contributed by atoms with Crippen LogP contribution in [0.4, 0.5) is 0 Å². The summed E-state index contributed by atoms with van der Waals surface area (Å²) in [5.74, 6) is 1.84. The maximum Gasteiger partial charge on any atom is 0.122 e. The third-order valence-electron chi connectivity index (χ3n) is 3.21. The molecule has 2 atom stereocenters. The summed E-state index contributed by atoms with van der Waals surface area (Å²) < 4.78 is 5.73. The van der Waals surface area contributed by atoms with Gasteiger partial charge in [0, 0.05) is 25.0 Å². The first-order valence-corrected chi connectivity index (χ1v) is 6.49. The molecule has 0 amide bonds. The molecular formula is C15H21N3O.